The van der Waals surface area contributed by atoms with Gasteiger partial charge in [0, 0.05) is 27.3 Å². The zero-order valence-corrected chi connectivity index (χ0v) is 21.0. The van der Waals surface area contributed by atoms with Crippen molar-refractivity contribution in [3.05, 3.63) is 99.1 Å². The van der Waals surface area contributed by atoms with Gasteiger partial charge in [0.15, 0.2) is 0 Å². The predicted molar refractivity (Wildman–Crippen MR) is 141 cm³/mol. The van der Waals surface area contributed by atoms with E-state index in [-0.39, 0.29) is 12.1 Å². The lowest BCUT2D eigenvalue weighted by Gasteiger charge is -2.31. The van der Waals surface area contributed by atoms with E-state index in [0.717, 1.165) is 35.5 Å². The van der Waals surface area contributed by atoms with Gasteiger partial charge in [-0.15, -0.1) is 11.3 Å². The van der Waals surface area contributed by atoms with E-state index in [0.29, 0.717) is 11.6 Å². The summed E-state index contributed by atoms with van der Waals surface area (Å²) in [5.74, 6) is 0.752. The van der Waals surface area contributed by atoms with E-state index in [2.05, 4.69) is 34.3 Å². The number of hydrogen-bond donors (Lipinski definition) is 1. The zero-order valence-electron chi connectivity index (χ0n) is 19.5. The van der Waals surface area contributed by atoms with Crippen molar-refractivity contribution in [3.63, 3.8) is 0 Å². The molecule has 2 aliphatic rings. The van der Waals surface area contributed by atoms with Crippen LogP contribution in [-0.4, -0.2) is 22.6 Å². The number of benzene rings is 2. The van der Waals surface area contributed by atoms with Crippen molar-refractivity contribution in [1.82, 2.24) is 9.47 Å². The van der Waals surface area contributed by atoms with Crippen LogP contribution < -0.4 is 10.1 Å². The number of urea groups is 1. The second-order valence-electron chi connectivity index (χ2n) is 9.04. The third kappa shape index (κ3) is 4.01. The van der Waals surface area contributed by atoms with Crippen LogP contribution in [-0.2, 0) is 19.4 Å². The summed E-state index contributed by atoms with van der Waals surface area (Å²) in [5, 5.41) is 5.02. The van der Waals surface area contributed by atoms with Gasteiger partial charge in [-0.25, -0.2) is 4.79 Å². The van der Waals surface area contributed by atoms with Crippen molar-refractivity contribution in [3.8, 4) is 10.8 Å². The summed E-state index contributed by atoms with van der Waals surface area (Å²) in [4.78, 5) is 17.3. The molecule has 0 bridgehead atoms. The number of thiophene rings is 1. The number of carbonyl (C=O) groups is 1. The molecule has 7 heteroatoms. The molecule has 0 saturated carbocycles. The molecule has 178 valence electrons. The molecule has 2 aromatic carbocycles. The summed E-state index contributed by atoms with van der Waals surface area (Å²) in [6.07, 6.45) is 6.76. The van der Waals surface area contributed by atoms with Crippen molar-refractivity contribution < 1.29 is 9.53 Å². The van der Waals surface area contributed by atoms with E-state index in [9.17, 15) is 4.79 Å². The summed E-state index contributed by atoms with van der Waals surface area (Å²) in [6, 6.07) is 19.0. The van der Waals surface area contributed by atoms with Gasteiger partial charge in [-0.05, 0) is 85.3 Å². The Morgan fingerprint density at radius 2 is 1.89 bits per heavy atom. The number of rotatable bonds is 3. The van der Waals surface area contributed by atoms with E-state index >= 15 is 0 Å². The molecule has 1 aliphatic heterocycles. The van der Waals surface area contributed by atoms with Crippen molar-refractivity contribution >= 4 is 34.7 Å². The first kappa shape index (κ1) is 22.3. The van der Waals surface area contributed by atoms with Gasteiger partial charge in [0.05, 0.1) is 25.4 Å². The van der Waals surface area contributed by atoms with Gasteiger partial charge in [0.25, 0.3) is 0 Å². The number of methoxy groups -OCH3 is 1. The minimum absolute atomic E-state index is 0.142. The smallest absolute Gasteiger partial charge is 0.322 e. The number of carbonyl (C=O) groups excluding carboxylic acids is 1. The molecule has 2 amide bonds. The first-order valence-corrected chi connectivity index (χ1v) is 13.1. The summed E-state index contributed by atoms with van der Waals surface area (Å²) in [5.41, 5.74) is 5.50. The highest BCUT2D eigenvalue weighted by Crippen LogP contribution is 2.44. The second kappa shape index (κ2) is 9.10. The molecule has 4 aromatic rings. The largest absolute Gasteiger partial charge is 0.497 e. The fraction of sp³-hybridized carbons (Fsp3) is 0.250. The number of fused-ring (bicyclic) bond motifs is 5. The molecule has 0 unspecified atom stereocenters. The van der Waals surface area contributed by atoms with Crippen LogP contribution in [0.15, 0.2) is 66.9 Å². The van der Waals surface area contributed by atoms with Crippen LogP contribution in [0, 0.1) is 0 Å². The Kier molecular flexibility index (Phi) is 5.78. The Hall–Kier alpha value is -3.22. The monoisotopic (exact) mass is 503 g/mol. The van der Waals surface area contributed by atoms with Crippen molar-refractivity contribution in [2.24, 2.45) is 0 Å². The molecule has 6 rings (SSSR count). The highest BCUT2D eigenvalue weighted by molar-refractivity contribution is 7.15. The average Bonchev–Trinajstić information content (AvgIpc) is 3.46. The molecule has 0 fully saturated rings. The third-order valence-corrected chi connectivity index (χ3v) is 8.51. The van der Waals surface area contributed by atoms with E-state index in [1.165, 1.54) is 33.8 Å². The number of aromatic nitrogens is 1. The first-order valence-electron chi connectivity index (χ1n) is 11.9. The highest BCUT2D eigenvalue weighted by atomic mass is 35.5. The van der Waals surface area contributed by atoms with E-state index in [1.54, 1.807) is 7.11 Å². The van der Waals surface area contributed by atoms with Gasteiger partial charge in [0.2, 0.25) is 0 Å². The summed E-state index contributed by atoms with van der Waals surface area (Å²) in [7, 11) is 1.63. The summed E-state index contributed by atoms with van der Waals surface area (Å²) < 4.78 is 7.55. The number of anilines is 1. The fourth-order valence-corrected chi connectivity index (χ4v) is 6.89. The van der Waals surface area contributed by atoms with Crippen molar-refractivity contribution in [1.29, 1.82) is 0 Å². The molecule has 35 heavy (non-hydrogen) atoms. The van der Waals surface area contributed by atoms with Gasteiger partial charge in [0.1, 0.15) is 10.8 Å². The van der Waals surface area contributed by atoms with Crippen LogP contribution in [0.4, 0.5) is 10.5 Å². The van der Waals surface area contributed by atoms with Crippen LogP contribution in [0.2, 0.25) is 5.02 Å². The lowest BCUT2D eigenvalue weighted by molar-refractivity contribution is 0.194. The Morgan fingerprint density at radius 1 is 1.06 bits per heavy atom. The normalized spacial score (nSPS) is 16.6. The Balaban J connectivity index is 1.47. The average molecular weight is 504 g/mol. The molecule has 5 nitrogen and oxygen atoms in total. The van der Waals surface area contributed by atoms with Crippen LogP contribution in [0.5, 0.6) is 5.75 Å². The maximum absolute atomic E-state index is 13.9. The van der Waals surface area contributed by atoms with Crippen molar-refractivity contribution in [2.75, 3.05) is 12.4 Å². The van der Waals surface area contributed by atoms with Gasteiger partial charge in [-0.3, -0.25) is 0 Å². The maximum atomic E-state index is 13.9. The topological polar surface area (TPSA) is 46.5 Å². The predicted octanol–water partition coefficient (Wildman–Crippen LogP) is 7.22. The number of amides is 2. The Morgan fingerprint density at radius 3 is 2.69 bits per heavy atom. The number of ether oxygens (including phenoxy) is 1. The molecule has 0 spiro atoms. The van der Waals surface area contributed by atoms with Crippen molar-refractivity contribution in [2.45, 2.75) is 38.3 Å². The Labute approximate surface area is 213 Å². The third-order valence-electron chi connectivity index (χ3n) is 6.95. The number of hydrogen-bond acceptors (Lipinski definition) is 3. The molecular weight excluding hydrogens is 478 g/mol. The van der Waals surface area contributed by atoms with Crippen LogP contribution in [0.25, 0.3) is 5.00 Å². The number of halogens is 1. The summed E-state index contributed by atoms with van der Waals surface area (Å²) >= 11 is 8.30. The quantitative estimate of drug-likeness (QED) is 0.321. The second-order valence-corrected chi connectivity index (χ2v) is 10.6. The molecule has 1 N–H and O–H groups in total. The lowest BCUT2D eigenvalue weighted by Crippen LogP contribution is -2.38. The molecule has 3 heterocycles. The van der Waals surface area contributed by atoms with Crippen LogP contribution in [0.3, 0.4) is 0 Å². The lowest BCUT2D eigenvalue weighted by atomic mass is 9.95. The van der Waals surface area contributed by atoms with Gasteiger partial charge < -0.3 is 19.5 Å². The highest BCUT2D eigenvalue weighted by Gasteiger charge is 2.36. The van der Waals surface area contributed by atoms with E-state index in [4.69, 9.17) is 16.3 Å². The summed E-state index contributed by atoms with van der Waals surface area (Å²) in [6.45, 7) is 0.544. The first-order chi connectivity index (χ1) is 17.1. The maximum Gasteiger partial charge on any atom is 0.322 e. The van der Waals surface area contributed by atoms with Gasteiger partial charge >= 0.3 is 6.03 Å². The van der Waals surface area contributed by atoms with Gasteiger partial charge in [-0.1, -0.05) is 23.7 Å². The van der Waals surface area contributed by atoms with Crippen LogP contribution in [0.1, 0.15) is 46.1 Å². The fourth-order valence-electron chi connectivity index (χ4n) is 5.28. The van der Waals surface area contributed by atoms with E-state index < -0.39 is 0 Å². The molecule has 0 saturated heterocycles. The minimum Gasteiger partial charge on any atom is -0.497 e. The molecular formula is C28H26ClN3O2S. The minimum atomic E-state index is -0.277. The SMILES string of the molecule is COc1ccc(NC(=O)N2Cc3c(sc4c3CCCC4)-n3cccc3[C@@H]2c2cccc(Cl)c2)cc1. The van der Waals surface area contributed by atoms with Crippen LogP contribution >= 0.6 is 22.9 Å². The molecule has 0 radical (unpaired) electrons. The molecule has 2 aromatic heterocycles. The van der Waals surface area contributed by atoms with E-state index in [1.807, 2.05) is 58.7 Å². The Bertz CT molecular complexity index is 1390. The molecule has 1 atom stereocenters. The number of nitrogens with zero attached hydrogens (tertiary/aromatic N) is 2. The number of nitrogens with one attached hydrogen (secondary N) is 1. The molecule has 1 aliphatic carbocycles. The standard InChI is InChI=1S/C28H26ClN3O2S/c1-34-21-13-11-20(12-14-21)30-28(33)32-17-23-22-8-2-3-10-25(22)35-27(23)31-15-5-9-24(31)26(32)18-6-4-7-19(29)16-18/h4-7,9,11-16,26H,2-3,8,10,17H2,1H3,(H,30,33)/t26-/m0/s1. The number of aryl methyl sites for hydroxylation is 1. The zero-order chi connectivity index (χ0) is 23.9. The van der Waals surface area contributed by atoms with Gasteiger partial charge in [-0.2, -0.15) is 0 Å².